The zero-order valence-corrected chi connectivity index (χ0v) is 11.7. The van der Waals surface area contributed by atoms with Gasteiger partial charge in [0.05, 0.1) is 12.8 Å². The van der Waals surface area contributed by atoms with Crippen LogP contribution in [-0.4, -0.2) is 32.1 Å². The Balaban J connectivity index is 1.81. The molecular formula is C12H15N3O4S. The average Bonchev–Trinajstić information content (AvgIpc) is 2.77. The predicted molar refractivity (Wildman–Crippen MR) is 73.3 cm³/mol. The quantitative estimate of drug-likeness (QED) is 0.803. The van der Waals surface area contributed by atoms with E-state index in [1.165, 1.54) is 0 Å². The second-order valence-electron chi connectivity index (χ2n) is 4.27. The molecule has 1 aromatic carbocycles. The van der Waals surface area contributed by atoms with Crippen LogP contribution < -0.4 is 10.0 Å². The van der Waals surface area contributed by atoms with E-state index in [0.717, 1.165) is 11.8 Å². The summed E-state index contributed by atoms with van der Waals surface area (Å²) in [6, 6.07) is 7.31. The van der Waals surface area contributed by atoms with Crippen molar-refractivity contribution in [3.8, 4) is 0 Å². The lowest BCUT2D eigenvalue weighted by Gasteiger charge is -2.03. The Hall–Kier alpha value is -1.93. The highest BCUT2D eigenvalue weighted by Crippen LogP contribution is 2.14. The van der Waals surface area contributed by atoms with Crippen molar-refractivity contribution in [2.24, 2.45) is 0 Å². The number of sulfonamides is 1. The van der Waals surface area contributed by atoms with E-state index in [1.807, 2.05) is 18.2 Å². The van der Waals surface area contributed by atoms with E-state index in [9.17, 15) is 13.2 Å². The number of aromatic nitrogens is 1. The third kappa shape index (κ3) is 4.32. The molecule has 2 N–H and O–H groups in total. The molecule has 1 heterocycles. The Morgan fingerprint density at radius 2 is 2.10 bits per heavy atom. The van der Waals surface area contributed by atoms with Gasteiger partial charge in [0, 0.05) is 13.0 Å². The first-order valence-corrected chi connectivity index (χ1v) is 7.89. The maximum atomic E-state index is 11.5. The normalized spacial score (nSPS) is 11.7. The van der Waals surface area contributed by atoms with Gasteiger partial charge in [0.25, 0.3) is 0 Å². The third-order valence-corrected chi connectivity index (χ3v) is 3.22. The van der Waals surface area contributed by atoms with E-state index in [2.05, 4.69) is 15.0 Å². The summed E-state index contributed by atoms with van der Waals surface area (Å²) in [6.45, 7) is 0.241. The minimum Gasteiger partial charge on any atom is -0.439 e. The number of benzene rings is 1. The number of fused-ring (bicyclic) bond motifs is 1. The van der Waals surface area contributed by atoms with Gasteiger partial charge in [-0.05, 0) is 12.1 Å². The van der Waals surface area contributed by atoms with E-state index < -0.39 is 10.0 Å². The number of nitrogens with zero attached hydrogens (tertiary/aromatic N) is 1. The lowest BCUT2D eigenvalue weighted by atomic mass is 10.3. The number of hydrogen-bond acceptors (Lipinski definition) is 5. The van der Waals surface area contributed by atoms with Crippen LogP contribution in [0.25, 0.3) is 11.1 Å². The van der Waals surface area contributed by atoms with E-state index in [0.29, 0.717) is 11.5 Å². The fourth-order valence-electron chi connectivity index (χ4n) is 1.61. The van der Waals surface area contributed by atoms with Gasteiger partial charge in [-0.2, -0.15) is 0 Å². The first-order chi connectivity index (χ1) is 9.44. The summed E-state index contributed by atoms with van der Waals surface area (Å²) >= 11 is 0. The van der Waals surface area contributed by atoms with Crippen LogP contribution in [0.4, 0.5) is 0 Å². The molecular weight excluding hydrogens is 282 g/mol. The molecule has 2 aromatic rings. The standard InChI is InChI=1S/C12H15N3O4S/c1-20(17,18)14-7-6-11(16)13-8-12-15-9-4-2-3-5-10(9)19-12/h2-5,14H,6-8H2,1H3,(H,13,16). The van der Waals surface area contributed by atoms with Crippen molar-refractivity contribution in [1.29, 1.82) is 0 Å². The third-order valence-electron chi connectivity index (χ3n) is 2.49. The maximum absolute atomic E-state index is 11.5. The number of nitrogens with one attached hydrogen (secondary N) is 2. The predicted octanol–water partition coefficient (Wildman–Crippen LogP) is 0.383. The zero-order chi connectivity index (χ0) is 14.6. The lowest BCUT2D eigenvalue weighted by Crippen LogP contribution is -2.29. The van der Waals surface area contributed by atoms with Gasteiger partial charge in [-0.3, -0.25) is 4.79 Å². The summed E-state index contributed by atoms with van der Waals surface area (Å²) < 4.78 is 29.3. The Labute approximate surface area is 116 Å². The minimum absolute atomic E-state index is 0.0628. The monoisotopic (exact) mass is 297 g/mol. The maximum Gasteiger partial charge on any atom is 0.221 e. The molecule has 0 aliphatic carbocycles. The molecule has 0 saturated carbocycles. The molecule has 0 unspecified atom stereocenters. The molecule has 2 rings (SSSR count). The van der Waals surface area contributed by atoms with Crippen LogP contribution in [0.5, 0.6) is 0 Å². The largest absolute Gasteiger partial charge is 0.439 e. The molecule has 20 heavy (non-hydrogen) atoms. The topological polar surface area (TPSA) is 101 Å². The molecule has 1 aromatic heterocycles. The van der Waals surface area contributed by atoms with Crippen molar-refractivity contribution in [3.63, 3.8) is 0 Å². The van der Waals surface area contributed by atoms with Crippen LogP contribution in [0, 0.1) is 0 Å². The van der Waals surface area contributed by atoms with E-state index in [1.54, 1.807) is 6.07 Å². The molecule has 8 heteroatoms. The van der Waals surface area contributed by atoms with Crippen molar-refractivity contribution in [2.75, 3.05) is 12.8 Å². The number of para-hydroxylation sites is 2. The summed E-state index contributed by atoms with van der Waals surface area (Å²) in [6.07, 6.45) is 1.11. The molecule has 0 aliphatic heterocycles. The second kappa shape index (κ2) is 6.02. The van der Waals surface area contributed by atoms with E-state index in [-0.39, 0.29) is 25.4 Å². The van der Waals surface area contributed by atoms with Gasteiger partial charge < -0.3 is 9.73 Å². The molecule has 0 bridgehead atoms. The molecule has 108 valence electrons. The van der Waals surface area contributed by atoms with Crippen molar-refractivity contribution < 1.29 is 17.6 Å². The summed E-state index contributed by atoms with van der Waals surface area (Å²) in [5.74, 6) is 0.138. The summed E-state index contributed by atoms with van der Waals surface area (Å²) in [5, 5.41) is 2.62. The van der Waals surface area contributed by atoms with Gasteiger partial charge in [0.2, 0.25) is 21.8 Å². The summed E-state index contributed by atoms with van der Waals surface area (Å²) in [4.78, 5) is 15.7. The van der Waals surface area contributed by atoms with E-state index >= 15 is 0 Å². The van der Waals surface area contributed by atoms with Crippen molar-refractivity contribution in [2.45, 2.75) is 13.0 Å². The lowest BCUT2D eigenvalue weighted by molar-refractivity contribution is -0.121. The number of carbonyl (C=O) groups is 1. The van der Waals surface area contributed by atoms with Crippen LogP contribution >= 0.6 is 0 Å². The molecule has 0 radical (unpaired) electrons. The molecule has 7 nitrogen and oxygen atoms in total. The van der Waals surface area contributed by atoms with Gasteiger partial charge in [0.15, 0.2) is 5.58 Å². The van der Waals surface area contributed by atoms with Gasteiger partial charge in [-0.15, -0.1) is 0 Å². The van der Waals surface area contributed by atoms with Crippen LogP contribution in [-0.2, 0) is 21.4 Å². The Morgan fingerprint density at radius 1 is 1.35 bits per heavy atom. The fourth-order valence-corrected chi connectivity index (χ4v) is 2.08. The first kappa shape index (κ1) is 14.5. The zero-order valence-electron chi connectivity index (χ0n) is 10.9. The van der Waals surface area contributed by atoms with Crippen molar-refractivity contribution in [1.82, 2.24) is 15.0 Å². The molecule has 0 fully saturated rings. The highest BCUT2D eigenvalue weighted by atomic mass is 32.2. The smallest absolute Gasteiger partial charge is 0.221 e. The summed E-state index contributed by atoms with van der Waals surface area (Å²) in [7, 11) is -3.27. The van der Waals surface area contributed by atoms with Crippen LogP contribution in [0.2, 0.25) is 0 Å². The average molecular weight is 297 g/mol. The number of amides is 1. The Kier molecular flexibility index (Phi) is 4.35. The number of rotatable bonds is 6. The Morgan fingerprint density at radius 3 is 2.80 bits per heavy atom. The molecule has 0 spiro atoms. The second-order valence-corrected chi connectivity index (χ2v) is 6.10. The van der Waals surface area contributed by atoms with Crippen LogP contribution in [0.1, 0.15) is 12.3 Å². The van der Waals surface area contributed by atoms with Gasteiger partial charge >= 0.3 is 0 Å². The number of hydrogen-bond donors (Lipinski definition) is 2. The molecule has 0 aliphatic rings. The Bertz CT molecular complexity index is 675. The number of carbonyl (C=O) groups excluding carboxylic acids is 1. The van der Waals surface area contributed by atoms with Gasteiger partial charge in [0.1, 0.15) is 5.52 Å². The van der Waals surface area contributed by atoms with Crippen LogP contribution in [0.15, 0.2) is 28.7 Å². The highest BCUT2D eigenvalue weighted by Gasteiger charge is 2.08. The minimum atomic E-state index is -3.27. The molecule has 0 atom stereocenters. The molecule has 1 amide bonds. The van der Waals surface area contributed by atoms with E-state index in [4.69, 9.17) is 4.42 Å². The first-order valence-electron chi connectivity index (χ1n) is 6.00. The van der Waals surface area contributed by atoms with Crippen LogP contribution in [0.3, 0.4) is 0 Å². The number of oxazole rings is 1. The van der Waals surface area contributed by atoms with Gasteiger partial charge in [-0.25, -0.2) is 18.1 Å². The van der Waals surface area contributed by atoms with Crippen molar-refractivity contribution >= 4 is 27.0 Å². The highest BCUT2D eigenvalue weighted by molar-refractivity contribution is 7.88. The van der Waals surface area contributed by atoms with Crippen molar-refractivity contribution in [3.05, 3.63) is 30.2 Å². The fraction of sp³-hybridized carbons (Fsp3) is 0.333. The SMILES string of the molecule is CS(=O)(=O)NCCC(=O)NCc1nc2ccccc2o1. The molecule has 0 saturated heterocycles. The summed E-state index contributed by atoms with van der Waals surface area (Å²) in [5.41, 5.74) is 1.39. The van der Waals surface area contributed by atoms with Gasteiger partial charge in [-0.1, -0.05) is 12.1 Å².